The first-order valence-corrected chi connectivity index (χ1v) is 4.90. The molecule has 1 atom stereocenters. The SMILES string of the molecule is COc1cncc(Br)c1C(C)(N)CO. The third kappa shape index (κ3) is 2.05. The summed E-state index contributed by atoms with van der Waals surface area (Å²) in [6, 6.07) is 0. The van der Waals surface area contributed by atoms with Crippen molar-refractivity contribution in [1.82, 2.24) is 4.98 Å². The summed E-state index contributed by atoms with van der Waals surface area (Å²) < 4.78 is 5.86. The summed E-state index contributed by atoms with van der Waals surface area (Å²) in [6.07, 6.45) is 3.19. The highest BCUT2D eigenvalue weighted by Gasteiger charge is 2.27. The second kappa shape index (κ2) is 4.25. The number of methoxy groups -OCH3 is 1. The maximum Gasteiger partial charge on any atom is 0.143 e. The molecule has 78 valence electrons. The number of nitrogens with zero attached hydrogens (tertiary/aromatic N) is 1. The maximum absolute atomic E-state index is 9.17. The van der Waals surface area contributed by atoms with Gasteiger partial charge in [-0.2, -0.15) is 0 Å². The number of pyridine rings is 1. The zero-order valence-electron chi connectivity index (χ0n) is 8.12. The van der Waals surface area contributed by atoms with Crippen LogP contribution in [0.1, 0.15) is 12.5 Å². The van der Waals surface area contributed by atoms with Crippen molar-refractivity contribution >= 4 is 15.9 Å². The fraction of sp³-hybridized carbons (Fsp3) is 0.444. The predicted octanol–water partition coefficient (Wildman–Crippen LogP) is 1.02. The van der Waals surface area contributed by atoms with Crippen LogP contribution in [0.5, 0.6) is 5.75 Å². The molecule has 14 heavy (non-hydrogen) atoms. The van der Waals surface area contributed by atoms with Gasteiger partial charge in [-0.25, -0.2) is 0 Å². The van der Waals surface area contributed by atoms with Crippen LogP contribution in [0, 0.1) is 0 Å². The molecule has 0 aliphatic rings. The van der Waals surface area contributed by atoms with E-state index in [1.165, 1.54) is 0 Å². The summed E-state index contributed by atoms with van der Waals surface area (Å²) in [5.74, 6) is 0.568. The van der Waals surface area contributed by atoms with Crippen LogP contribution in [0.2, 0.25) is 0 Å². The Morgan fingerprint density at radius 2 is 2.29 bits per heavy atom. The molecule has 3 N–H and O–H groups in total. The lowest BCUT2D eigenvalue weighted by atomic mass is 9.94. The van der Waals surface area contributed by atoms with Gasteiger partial charge in [0.15, 0.2) is 0 Å². The first-order chi connectivity index (χ1) is 6.53. The van der Waals surface area contributed by atoms with Gasteiger partial charge in [-0.1, -0.05) is 0 Å². The summed E-state index contributed by atoms with van der Waals surface area (Å²) in [5, 5.41) is 9.17. The Morgan fingerprint density at radius 1 is 1.64 bits per heavy atom. The number of hydrogen-bond acceptors (Lipinski definition) is 4. The van der Waals surface area contributed by atoms with E-state index in [4.69, 9.17) is 10.5 Å². The van der Waals surface area contributed by atoms with Crippen LogP contribution in [0.15, 0.2) is 16.9 Å². The normalized spacial score (nSPS) is 14.9. The van der Waals surface area contributed by atoms with Gasteiger partial charge in [0.1, 0.15) is 5.75 Å². The van der Waals surface area contributed by atoms with Gasteiger partial charge in [0.05, 0.1) is 25.5 Å². The average molecular weight is 261 g/mol. The van der Waals surface area contributed by atoms with Gasteiger partial charge in [-0.05, 0) is 22.9 Å². The first-order valence-electron chi connectivity index (χ1n) is 4.10. The van der Waals surface area contributed by atoms with Crippen LogP contribution in [-0.4, -0.2) is 23.8 Å². The zero-order valence-corrected chi connectivity index (χ0v) is 9.71. The van der Waals surface area contributed by atoms with Crippen LogP contribution >= 0.6 is 15.9 Å². The Labute approximate surface area is 91.2 Å². The molecule has 5 heteroatoms. The molecule has 1 aromatic rings. The molecule has 0 fully saturated rings. The lowest BCUT2D eigenvalue weighted by Crippen LogP contribution is -2.37. The molecule has 0 amide bonds. The topological polar surface area (TPSA) is 68.4 Å². The van der Waals surface area contributed by atoms with Crippen molar-refractivity contribution in [2.24, 2.45) is 5.73 Å². The van der Waals surface area contributed by atoms with Crippen molar-refractivity contribution in [3.05, 3.63) is 22.4 Å². The van der Waals surface area contributed by atoms with Gasteiger partial charge in [0.2, 0.25) is 0 Å². The minimum Gasteiger partial charge on any atom is -0.495 e. The van der Waals surface area contributed by atoms with E-state index in [0.717, 1.165) is 10.0 Å². The molecule has 0 bridgehead atoms. The first kappa shape index (κ1) is 11.4. The number of aliphatic hydroxyl groups is 1. The van der Waals surface area contributed by atoms with Crippen molar-refractivity contribution in [2.45, 2.75) is 12.5 Å². The van der Waals surface area contributed by atoms with Crippen molar-refractivity contribution < 1.29 is 9.84 Å². The fourth-order valence-corrected chi connectivity index (χ4v) is 1.97. The third-order valence-corrected chi connectivity index (χ3v) is 2.59. The Balaban J connectivity index is 3.30. The van der Waals surface area contributed by atoms with E-state index in [1.807, 2.05) is 0 Å². The standard InChI is InChI=1S/C9H13BrN2O2/c1-9(11,5-13)8-6(10)3-12-4-7(8)14-2/h3-4,13H,5,11H2,1-2H3. The highest BCUT2D eigenvalue weighted by atomic mass is 79.9. The van der Waals surface area contributed by atoms with Gasteiger partial charge >= 0.3 is 0 Å². The molecular weight excluding hydrogens is 248 g/mol. The molecule has 0 radical (unpaired) electrons. The summed E-state index contributed by atoms with van der Waals surface area (Å²) in [5.41, 5.74) is 5.81. The lowest BCUT2D eigenvalue weighted by Gasteiger charge is -2.25. The molecule has 0 saturated carbocycles. The van der Waals surface area contributed by atoms with Crippen LogP contribution in [0.3, 0.4) is 0 Å². The van der Waals surface area contributed by atoms with E-state index in [-0.39, 0.29) is 6.61 Å². The van der Waals surface area contributed by atoms with Crippen LogP contribution in [0.4, 0.5) is 0 Å². The summed E-state index contributed by atoms with van der Waals surface area (Å²) in [6.45, 7) is 1.57. The number of ether oxygens (including phenoxy) is 1. The maximum atomic E-state index is 9.17. The molecule has 0 aliphatic heterocycles. The number of rotatable bonds is 3. The third-order valence-electron chi connectivity index (χ3n) is 1.98. The highest BCUT2D eigenvalue weighted by Crippen LogP contribution is 2.33. The molecule has 0 spiro atoms. The molecule has 1 aromatic heterocycles. The zero-order chi connectivity index (χ0) is 10.8. The Hall–Kier alpha value is -0.650. The lowest BCUT2D eigenvalue weighted by molar-refractivity contribution is 0.205. The highest BCUT2D eigenvalue weighted by molar-refractivity contribution is 9.10. The smallest absolute Gasteiger partial charge is 0.143 e. The van der Waals surface area contributed by atoms with Crippen LogP contribution in [-0.2, 0) is 5.54 Å². The Morgan fingerprint density at radius 3 is 2.79 bits per heavy atom. The molecule has 1 rings (SSSR count). The van der Waals surface area contributed by atoms with Gasteiger partial charge in [0, 0.05) is 16.2 Å². The van der Waals surface area contributed by atoms with Crippen LogP contribution < -0.4 is 10.5 Å². The molecule has 1 unspecified atom stereocenters. The number of hydrogen-bond donors (Lipinski definition) is 2. The van der Waals surface area contributed by atoms with Crippen molar-refractivity contribution in [2.75, 3.05) is 13.7 Å². The predicted molar refractivity (Wildman–Crippen MR) is 57.1 cm³/mol. The van der Waals surface area contributed by atoms with Gasteiger partial charge in [-0.15, -0.1) is 0 Å². The minimum atomic E-state index is -0.840. The summed E-state index contributed by atoms with van der Waals surface area (Å²) >= 11 is 3.33. The van der Waals surface area contributed by atoms with Crippen molar-refractivity contribution in [3.63, 3.8) is 0 Å². The van der Waals surface area contributed by atoms with E-state index in [0.29, 0.717) is 5.75 Å². The quantitative estimate of drug-likeness (QED) is 0.852. The molecule has 0 saturated heterocycles. The van der Waals surface area contributed by atoms with E-state index in [1.54, 1.807) is 26.4 Å². The molecule has 4 nitrogen and oxygen atoms in total. The summed E-state index contributed by atoms with van der Waals surface area (Å²) in [7, 11) is 1.54. The van der Waals surface area contributed by atoms with Gasteiger partial charge in [0.25, 0.3) is 0 Å². The molecule has 0 aromatic carbocycles. The van der Waals surface area contributed by atoms with Gasteiger partial charge < -0.3 is 15.6 Å². The largest absolute Gasteiger partial charge is 0.495 e. The van der Waals surface area contributed by atoms with Crippen molar-refractivity contribution in [3.8, 4) is 5.75 Å². The van der Waals surface area contributed by atoms with E-state index in [9.17, 15) is 5.11 Å². The van der Waals surface area contributed by atoms with E-state index < -0.39 is 5.54 Å². The second-order valence-electron chi connectivity index (χ2n) is 3.27. The molecule has 0 aliphatic carbocycles. The minimum absolute atomic E-state index is 0.161. The van der Waals surface area contributed by atoms with Gasteiger partial charge in [-0.3, -0.25) is 4.98 Å². The Kier molecular flexibility index (Phi) is 3.47. The Bertz CT molecular complexity index is 329. The molecular formula is C9H13BrN2O2. The second-order valence-corrected chi connectivity index (χ2v) is 4.13. The number of halogens is 1. The average Bonchev–Trinajstić information content (AvgIpc) is 2.17. The monoisotopic (exact) mass is 260 g/mol. The fourth-order valence-electron chi connectivity index (χ4n) is 1.21. The summed E-state index contributed by atoms with van der Waals surface area (Å²) in [4.78, 5) is 3.95. The number of aromatic nitrogens is 1. The van der Waals surface area contributed by atoms with Crippen LogP contribution in [0.25, 0.3) is 0 Å². The van der Waals surface area contributed by atoms with Crippen molar-refractivity contribution in [1.29, 1.82) is 0 Å². The number of aliphatic hydroxyl groups excluding tert-OH is 1. The van der Waals surface area contributed by atoms with E-state index >= 15 is 0 Å². The van der Waals surface area contributed by atoms with E-state index in [2.05, 4.69) is 20.9 Å². The molecule has 1 heterocycles. The number of nitrogens with two attached hydrogens (primary N) is 1.